The van der Waals surface area contributed by atoms with Crippen molar-refractivity contribution in [3.05, 3.63) is 84.1 Å². The van der Waals surface area contributed by atoms with E-state index in [1.807, 2.05) is 59.5 Å². The van der Waals surface area contributed by atoms with Crippen LogP contribution in [-0.4, -0.2) is 35.5 Å². The fourth-order valence-corrected chi connectivity index (χ4v) is 3.93. The van der Waals surface area contributed by atoms with Crippen LogP contribution in [0.15, 0.2) is 72.9 Å². The van der Waals surface area contributed by atoms with E-state index < -0.39 is 0 Å². The summed E-state index contributed by atoms with van der Waals surface area (Å²) in [6.07, 6.45) is 3.83. The largest absolute Gasteiger partial charge is 0.348 e. The normalized spacial score (nSPS) is 15.3. The van der Waals surface area contributed by atoms with Gasteiger partial charge in [-0.05, 0) is 62.5 Å². The average Bonchev–Trinajstić information content (AvgIpc) is 2.84. The molecule has 6 heteroatoms. The molecule has 0 spiro atoms. The van der Waals surface area contributed by atoms with Gasteiger partial charge >= 0.3 is 0 Å². The van der Waals surface area contributed by atoms with Crippen LogP contribution in [0, 0.1) is 5.92 Å². The van der Waals surface area contributed by atoms with Crippen molar-refractivity contribution in [2.24, 2.45) is 5.92 Å². The Morgan fingerprint density at radius 3 is 2.45 bits per heavy atom. The lowest BCUT2D eigenvalue weighted by Crippen LogP contribution is -2.40. The molecule has 0 bridgehead atoms. The van der Waals surface area contributed by atoms with E-state index in [9.17, 15) is 4.79 Å². The van der Waals surface area contributed by atoms with E-state index in [1.54, 1.807) is 6.20 Å². The molecule has 0 unspecified atom stereocenters. The third-order valence-electron chi connectivity index (χ3n) is 5.73. The fraction of sp³-hybridized carbons (Fsp3) is 0.320. The molecule has 1 fully saturated rings. The third-order valence-corrected chi connectivity index (χ3v) is 5.73. The van der Waals surface area contributed by atoms with Crippen molar-refractivity contribution >= 4 is 17.7 Å². The molecule has 1 aromatic heterocycles. The molecule has 3 aromatic rings. The van der Waals surface area contributed by atoms with Crippen molar-refractivity contribution in [3.63, 3.8) is 0 Å². The zero-order valence-electron chi connectivity index (χ0n) is 17.9. The number of hydrogen-bond acceptors (Lipinski definition) is 5. The minimum absolute atomic E-state index is 0.0279. The van der Waals surface area contributed by atoms with Crippen LogP contribution < -0.4 is 15.5 Å². The standard InChI is InChI=1S/C25H29N5O/c1-19(21-8-4-2-5-9-21)28-25-27-17-14-23(29-25)30(18-20-12-15-26-16-13-20)24(31)22-10-6-3-7-11-22/h2-11,14,17,19-20,26H,12-13,15-16,18H2,1H3,(H,27,28,29)/t19-/m0/s1. The molecule has 1 atom stereocenters. The molecule has 2 N–H and O–H groups in total. The van der Waals surface area contributed by atoms with Gasteiger partial charge in [-0.25, -0.2) is 4.98 Å². The topological polar surface area (TPSA) is 70.2 Å². The maximum absolute atomic E-state index is 13.4. The second-order valence-corrected chi connectivity index (χ2v) is 7.99. The highest BCUT2D eigenvalue weighted by Gasteiger charge is 2.24. The number of hydrogen-bond donors (Lipinski definition) is 2. The zero-order valence-corrected chi connectivity index (χ0v) is 17.9. The van der Waals surface area contributed by atoms with Crippen molar-refractivity contribution < 1.29 is 4.79 Å². The van der Waals surface area contributed by atoms with E-state index in [2.05, 4.69) is 34.7 Å². The van der Waals surface area contributed by atoms with Gasteiger partial charge in [-0.15, -0.1) is 0 Å². The Morgan fingerprint density at radius 2 is 1.74 bits per heavy atom. The maximum Gasteiger partial charge on any atom is 0.259 e. The molecule has 0 radical (unpaired) electrons. The predicted molar refractivity (Wildman–Crippen MR) is 124 cm³/mol. The molecule has 2 aromatic carbocycles. The lowest BCUT2D eigenvalue weighted by molar-refractivity contribution is 0.0980. The van der Waals surface area contributed by atoms with Gasteiger partial charge in [0.2, 0.25) is 5.95 Å². The molecule has 31 heavy (non-hydrogen) atoms. The number of carbonyl (C=O) groups is 1. The number of rotatable bonds is 7. The number of nitrogens with one attached hydrogen (secondary N) is 2. The van der Waals surface area contributed by atoms with Crippen molar-refractivity contribution in [1.29, 1.82) is 0 Å². The summed E-state index contributed by atoms with van der Waals surface area (Å²) < 4.78 is 0. The highest BCUT2D eigenvalue weighted by Crippen LogP contribution is 2.23. The summed E-state index contributed by atoms with van der Waals surface area (Å²) in [6.45, 7) is 4.71. The van der Waals surface area contributed by atoms with Crippen LogP contribution >= 0.6 is 0 Å². The van der Waals surface area contributed by atoms with E-state index in [0.29, 0.717) is 29.8 Å². The van der Waals surface area contributed by atoms with Gasteiger partial charge in [0, 0.05) is 18.3 Å². The van der Waals surface area contributed by atoms with Crippen molar-refractivity contribution in [1.82, 2.24) is 15.3 Å². The molecular formula is C25H29N5O. The molecule has 160 valence electrons. The van der Waals surface area contributed by atoms with Gasteiger partial charge in [-0.1, -0.05) is 48.5 Å². The number of aromatic nitrogens is 2. The van der Waals surface area contributed by atoms with Gasteiger partial charge in [-0.3, -0.25) is 9.69 Å². The van der Waals surface area contributed by atoms with Crippen LogP contribution in [0.4, 0.5) is 11.8 Å². The van der Waals surface area contributed by atoms with E-state index in [-0.39, 0.29) is 11.9 Å². The molecule has 2 heterocycles. The van der Waals surface area contributed by atoms with Crippen LogP contribution in [0.3, 0.4) is 0 Å². The Labute approximate surface area is 183 Å². The minimum atomic E-state index is -0.0279. The Morgan fingerprint density at radius 1 is 1.06 bits per heavy atom. The summed E-state index contributed by atoms with van der Waals surface area (Å²) in [5, 5.41) is 6.76. The molecule has 6 nitrogen and oxygen atoms in total. The lowest BCUT2D eigenvalue weighted by Gasteiger charge is -2.30. The van der Waals surface area contributed by atoms with Gasteiger partial charge in [0.1, 0.15) is 5.82 Å². The highest BCUT2D eigenvalue weighted by atomic mass is 16.2. The molecule has 0 aliphatic carbocycles. The average molecular weight is 416 g/mol. The summed E-state index contributed by atoms with van der Waals surface area (Å²) >= 11 is 0. The van der Waals surface area contributed by atoms with Crippen LogP contribution in [0.2, 0.25) is 0 Å². The number of piperidine rings is 1. The van der Waals surface area contributed by atoms with E-state index in [0.717, 1.165) is 31.5 Å². The first-order chi connectivity index (χ1) is 15.2. The van der Waals surface area contributed by atoms with Crippen LogP contribution in [0.25, 0.3) is 0 Å². The Balaban J connectivity index is 1.58. The Bertz CT molecular complexity index is 973. The van der Waals surface area contributed by atoms with E-state index in [1.165, 1.54) is 0 Å². The minimum Gasteiger partial charge on any atom is -0.348 e. The number of carbonyl (C=O) groups excluding carboxylic acids is 1. The quantitative estimate of drug-likeness (QED) is 0.602. The maximum atomic E-state index is 13.4. The van der Waals surface area contributed by atoms with E-state index in [4.69, 9.17) is 4.98 Å². The first kappa shape index (κ1) is 21.0. The SMILES string of the molecule is C[C@H](Nc1nccc(N(CC2CCNCC2)C(=O)c2ccccc2)n1)c1ccccc1. The highest BCUT2D eigenvalue weighted by molar-refractivity contribution is 6.05. The Hall–Kier alpha value is -3.25. The first-order valence-corrected chi connectivity index (χ1v) is 10.9. The molecule has 4 rings (SSSR count). The molecule has 1 aliphatic heterocycles. The lowest BCUT2D eigenvalue weighted by atomic mass is 9.97. The summed E-state index contributed by atoms with van der Waals surface area (Å²) in [5.74, 6) is 1.57. The number of amides is 1. The molecule has 0 saturated carbocycles. The monoisotopic (exact) mass is 415 g/mol. The van der Waals surface area contributed by atoms with Crippen molar-refractivity contribution in [2.75, 3.05) is 29.9 Å². The van der Waals surface area contributed by atoms with E-state index >= 15 is 0 Å². The predicted octanol–water partition coefficient (Wildman–Crippen LogP) is 4.30. The van der Waals surface area contributed by atoms with Gasteiger partial charge in [0.05, 0.1) is 6.04 Å². The Kier molecular flexibility index (Phi) is 6.89. The second-order valence-electron chi connectivity index (χ2n) is 7.99. The third kappa shape index (κ3) is 5.47. The summed E-state index contributed by atoms with van der Waals surface area (Å²) in [6, 6.07) is 21.5. The van der Waals surface area contributed by atoms with Gasteiger partial charge < -0.3 is 10.6 Å². The van der Waals surface area contributed by atoms with Gasteiger partial charge in [0.25, 0.3) is 5.91 Å². The second kappa shape index (κ2) is 10.2. The molecular weight excluding hydrogens is 386 g/mol. The van der Waals surface area contributed by atoms with Crippen molar-refractivity contribution in [2.45, 2.75) is 25.8 Å². The zero-order chi connectivity index (χ0) is 21.5. The molecule has 1 amide bonds. The van der Waals surface area contributed by atoms with Crippen molar-refractivity contribution in [3.8, 4) is 0 Å². The summed E-state index contributed by atoms with van der Waals surface area (Å²) in [5.41, 5.74) is 1.82. The number of anilines is 2. The van der Waals surface area contributed by atoms with Crippen LogP contribution in [-0.2, 0) is 0 Å². The smallest absolute Gasteiger partial charge is 0.259 e. The number of nitrogens with zero attached hydrogens (tertiary/aromatic N) is 3. The molecule has 1 saturated heterocycles. The molecule has 1 aliphatic rings. The van der Waals surface area contributed by atoms with Gasteiger partial charge in [-0.2, -0.15) is 4.98 Å². The van der Waals surface area contributed by atoms with Gasteiger partial charge in [0.15, 0.2) is 0 Å². The summed E-state index contributed by atoms with van der Waals surface area (Å²) in [7, 11) is 0. The first-order valence-electron chi connectivity index (χ1n) is 10.9. The van der Waals surface area contributed by atoms with Crippen LogP contribution in [0.5, 0.6) is 0 Å². The fourth-order valence-electron chi connectivity index (χ4n) is 3.93. The summed E-state index contributed by atoms with van der Waals surface area (Å²) in [4.78, 5) is 24.3. The number of benzene rings is 2. The van der Waals surface area contributed by atoms with Crippen LogP contribution in [0.1, 0.15) is 41.7 Å².